The van der Waals surface area contributed by atoms with Crippen molar-refractivity contribution in [3.63, 3.8) is 0 Å². The molecule has 1 N–H and O–H groups in total. The highest BCUT2D eigenvalue weighted by Crippen LogP contribution is 2.22. The van der Waals surface area contributed by atoms with E-state index >= 15 is 0 Å². The number of amides is 1. The van der Waals surface area contributed by atoms with E-state index in [1.165, 1.54) is 30.7 Å². The van der Waals surface area contributed by atoms with Gasteiger partial charge in [0.25, 0.3) is 5.91 Å². The molecule has 8 heteroatoms. The molecule has 3 rings (SSSR count). The molecule has 0 saturated carbocycles. The lowest BCUT2D eigenvalue weighted by molar-refractivity contribution is -0.123. The average Bonchev–Trinajstić information content (AvgIpc) is 3.31. The molecule has 2 heterocycles. The number of nitrogens with one attached hydrogen (secondary N) is 1. The Morgan fingerprint density at radius 2 is 2.08 bits per heavy atom. The number of hydrogen-bond acceptors (Lipinski definition) is 6. The summed E-state index contributed by atoms with van der Waals surface area (Å²) in [6.07, 6.45) is 1.90. The van der Waals surface area contributed by atoms with E-state index in [4.69, 9.17) is 10.00 Å². The maximum Gasteiger partial charge on any atom is 0.342 e. The van der Waals surface area contributed by atoms with Crippen LogP contribution in [-0.2, 0) is 9.53 Å². The van der Waals surface area contributed by atoms with E-state index < -0.39 is 18.0 Å². The number of carbonyl (C=O) groups excluding carboxylic acids is 2. The zero-order valence-corrected chi connectivity index (χ0v) is 14.6. The number of benzene rings is 1. The summed E-state index contributed by atoms with van der Waals surface area (Å²) in [4.78, 5) is 24.4. The first-order valence-electron chi connectivity index (χ1n) is 7.68. The fourth-order valence-electron chi connectivity index (χ4n) is 2.14. The lowest BCUT2D eigenvalue weighted by Crippen LogP contribution is -2.29. The third-order valence-corrected chi connectivity index (χ3v) is 4.34. The summed E-state index contributed by atoms with van der Waals surface area (Å²) in [7, 11) is 0. The molecule has 3 aromatic rings. The van der Waals surface area contributed by atoms with Crippen molar-refractivity contribution in [2.24, 2.45) is 0 Å². The van der Waals surface area contributed by atoms with Gasteiger partial charge in [0.1, 0.15) is 11.1 Å². The number of thiophene rings is 1. The molecule has 0 aliphatic rings. The number of rotatable bonds is 5. The lowest BCUT2D eigenvalue weighted by atomic mass is 10.3. The molecule has 0 spiro atoms. The molecule has 130 valence electrons. The molecule has 0 aliphatic heterocycles. The van der Waals surface area contributed by atoms with Gasteiger partial charge in [-0.3, -0.25) is 4.79 Å². The van der Waals surface area contributed by atoms with Crippen LogP contribution in [0.3, 0.4) is 0 Å². The van der Waals surface area contributed by atoms with E-state index in [2.05, 4.69) is 10.4 Å². The first-order chi connectivity index (χ1) is 12.6. The van der Waals surface area contributed by atoms with Crippen LogP contribution in [0.25, 0.3) is 5.69 Å². The molecule has 1 amide bonds. The largest absolute Gasteiger partial charge is 0.449 e. The van der Waals surface area contributed by atoms with E-state index in [0.29, 0.717) is 10.6 Å². The number of hydrogen-bond donors (Lipinski definition) is 1. The highest BCUT2D eigenvalue weighted by Gasteiger charge is 2.21. The van der Waals surface area contributed by atoms with Crippen LogP contribution in [0.4, 0.5) is 5.00 Å². The predicted molar refractivity (Wildman–Crippen MR) is 96.1 cm³/mol. The number of esters is 1. The Morgan fingerprint density at radius 3 is 2.81 bits per heavy atom. The summed E-state index contributed by atoms with van der Waals surface area (Å²) in [6.45, 7) is 1.47. The quantitative estimate of drug-likeness (QED) is 0.700. The van der Waals surface area contributed by atoms with Crippen LogP contribution in [0.15, 0.2) is 54.2 Å². The second kappa shape index (κ2) is 7.63. The van der Waals surface area contributed by atoms with Crippen molar-refractivity contribution in [3.05, 3.63) is 65.3 Å². The average molecular weight is 366 g/mol. The Labute approximate surface area is 153 Å². The van der Waals surface area contributed by atoms with Crippen molar-refractivity contribution in [2.75, 3.05) is 5.32 Å². The second-order valence-corrected chi connectivity index (χ2v) is 6.24. The van der Waals surface area contributed by atoms with Crippen molar-refractivity contribution in [1.82, 2.24) is 9.78 Å². The van der Waals surface area contributed by atoms with Crippen LogP contribution in [0.1, 0.15) is 22.8 Å². The number of nitrogens with zero attached hydrogens (tertiary/aromatic N) is 3. The molecular weight excluding hydrogens is 352 g/mol. The number of nitriles is 1. The van der Waals surface area contributed by atoms with Crippen molar-refractivity contribution < 1.29 is 14.3 Å². The maximum atomic E-state index is 12.2. The monoisotopic (exact) mass is 366 g/mol. The Balaban J connectivity index is 1.63. The van der Waals surface area contributed by atoms with Gasteiger partial charge in [-0.2, -0.15) is 10.4 Å². The summed E-state index contributed by atoms with van der Waals surface area (Å²) in [6, 6.07) is 12.9. The summed E-state index contributed by atoms with van der Waals surface area (Å²) in [5, 5.41) is 17.8. The molecule has 0 radical (unpaired) electrons. The minimum Gasteiger partial charge on any atom is -0.449 e. The van der Waals surface area contributed by atoms with Crippen LogP contribution < -0.4 is 5.32 Å². The van der Waals surface area contributed by atoms with Crippen molar-refractivity contribution in [2.45, 2.75) is 13.0 Å². The molecule has 26 heavy (non-hydrogen) atoms. The predicted octanol–water partition coefficient (Wildman–Crippen LogP) is 2.99. The highest BCUT2D eigenvalue weighted by atomic mass is 32.1. The van der Waals surface area contributed by atoms with Crippen LogP contribution in [0.2, 0.25) is 0 Å². The summed E-state index contributed by atoms with van der Waals surface area (Å²) < 4.78 is 6.73. The molecular formula is C18H14N4O3S. The van der Waals surface area contributed by atoms with Gasteiger partial charge in [0.05, 0.1) is 23.0 Å². The topological polar surface area (TPSA) is 97.0 Å². The van der Waals surface area contributed by atoms with Crippen LogP contribution >= 0.6 is 11.3 Å². The van der Waals surface area contributed by atoms with Gasteiger partial charge in [0, 0.05) is 6.20 Å². The SMILES string of the molecule is CC(OC(=O)c1cnn(-c2ccccc2)c1)C(=O)Nc1sccc1C#N. The fraction of sp³-hybridized carbons (Fsp3) is 0.111. The van der Waals surface area contributed by atoms with Gasteiger partial charge in [-0.15, -0.1) is 11.3 Å². The van der Waals surface area contributed by atoms with Gasteiger partial charge in [-0.1, -0.05) is 18.2 Å². The van der Waals surface area contributed by atoms with Crippen LogP contribution in [-0.4, -0.2) is 27.8 Å². The Hall–Kier alpha value is -3.44. The highest BCUT2D eigenvalue weighted by molar-refractivity contribution is 7.14. The van der Waals surface area contributed by atoms with E-state index in [-0.39, 0.29) is 5.56 Å². The van der Waals surface area contributed by atoms with E-state index in [0.717, 1.165) is 5.69 Å². The fourth-order valence-corrected chi connectivity index (χ4v) is 2.88. The third-order valence-electron chi connectivity index (χ3n) is 3.51. The normalized spacial score (nSPS) is 11.4. The Kier molecular flexibility index (Phi) is 5.10. The summed E-state index contributed by atoms with van der Waals surface area (Å²) in [5.41, 5.74) is 1.41. The second-order valence-electron chi connectivity index (χ2n) is 5.32. The molecule has 0 bridgehead atoms. The first kappa shape index (κ1) is 17.4. The Morgan fingerprint density at radius 1 is 1.31 bits per heavy atom. The van der Waals surface area contributed by atoms with Gasteiger partial charge >= 0.3 is 5.97 Å². The zero-order chi connectivity index (χ0) is 18.5. The maximum absolute atomic E-state index is 12.2. The standard InChI is InChI=1S/C18H14N4O3S/c1-12(16(23)21-17-13(9-19)7-8-26-17)25-18(24)14-10-20-22(11-14)15-5-3-2-4-6-15/h2-8,10-12H,1H3,(H,21,23). The molecule has 1 unspecified atom stereocenters. The summed E-state index contributed by atoms with van der Waals surface area (Å²) >= 11 is 1.23. The number of ether oxygens (including phenoxy) is 1. The van der Waals surface area contributed by atoms with Crippen molar-refractivity contribution in [3.8, 4) is 11.8 Å². The number of para-hydroxylation sites is 1. The van der Waals surface area contributed by atoms with E-state index in [9.17, 15) is 9.59 Å². The summed E-state index contributed by atoms with van der Waals surface area (Å²) in [5.74, 6) is -1.16. The number of anilines is 1. The molecule has 0 fully saturated rings. The smallest absolute Gasteiger partial charge is 0.342 e. The minimum absolute atomic E-state index is 0.238. The molecule has 0 aliphatic carbocycles. The van der Waals surface area contributed by atoms with Gasteiger partial charge in [0.15, 0.2) is 6.10 Å². The van der Waals surface area contributed by atoms with Gasteiger partial charge in [-0.25, -0.2) is 9.48 Å². The molecule has 1 aromatic carbocycles. The lowest BCUT2D eigenvalue weighted by Gasteiger charge is -2.12. The number of aromatic nitrogens is 2. The van der Waals surface area contributed by atoms with Gasteiger partial charge in [-0.05, 0) is 30.5 Å². The van der Waals surface area contributed by atoms with E-state index in [1.54, 1.807) is 16.1 Å². The molecule has 0 saturated heterocycles. The molecule has 1 atom stereocenters. The van der Waals surface area contributed by atoms with Crippen molar-refractivity contribution in [1.29, 1.82) is 5.26 Å². The first-order valence-corrected chi connectivity index (χ1v) is 8.56. The molecule has 2 aromatic heterocycles. The third kappa shape index (κ3) is 3.79. The van der Waals surface area contributed by atoms with E-state index in [1.807, 2.05) is 36.4 Å². The zero-order valence-electron chi connectivity index (χ0n) is 13.7. The van der Waals surface area contributed by atoms with Crippen molar-refractivity contribution >= 4 is 28.2 Å². The Bertz CT molecular complexity index is 972. The van der Waals surface area contributed by atoms with Crippen LogP contribution in [0.5, 0.6) is 0 Å². The number of carbonyl (C=O) groups is 2. The minimum atomic E-state index is -1.02. The van der Waals surface area contributed by atoms with Gasteiger partial charge < -0.3 is 10.1 Å². The van der Waals surface area contributed by atoms with Gasteiger partial charge in [0.2, 0.25) is 0 Å². The van der Waals surface area contributed by atoms with Crippen LogP contribution in [0, 0.1) is 11.3 Å². The molecule has 7 nitrogen and oxygen atoms in total.